The van der Waals surface area contributed by atoms with E-state index in [1.165, 1.54) is 63.6 Å². The molecule has 1 aromatic carbocycles. The summed E-state index contributed by atoms with van der Waals surface area (Å²) in [6, 6.07) is 9.24. The molecule has 1 saturated carbocycles. The molecule has 1 heteroatoms. The van der Waals surface area contributed by atoms with Gasteiger partial charge in [-0.1, -0.05) is 68.4 Å². The van der Waals surface area contributed by atoms with Crippen molar-refractivity contribution in [3.8, 4) is 0 Å². The highest BCUT2D eigenvalue weighted by Crippen LogP contribution is 2.40. The van der Waals surface area contributed by atoms with Crippen molar-refractivity contribution in [2.24, 2.45) is 11.8 Å². The van der Waals surface area contributed by atoms with E-state index in [9.17, 15) is 0 Å². The molecule has 1 aliphatic heterocycles. The van der Waals surface area contributed by atoms with E-state index in [0.717, 1.165) is 17.8 Å². The Labute approximate surface area is 124 Å². The third-order valence-electron chi connectivity index (χ3n) is 5.51. The van der Waals surface area contributed by atoms with Gasteiger partial charge in [0, 0.05) is 6.54 Å². The topological polar surface area (TPSA) is 12.0 Å². The summed E-state index contributed by atoms with van der Waals surface area (Å²) in [7, 11) is 0. The molecule has 1 N–H and O–H groups in total. The Morgan fingerprint density at radius 2 is 1.80 bits per heavy atom. The lowest BCUT2D eigenvalue weighted by molar-refractivity contribution is 0.205. The molecule has 2 atom stereocenters. The second kappa shape index (κ2) is 6.76. The summed E-state index contributed by atoms with van der Waals surface area (Å²) in [5.74, 6) is 2.63. The van der Waals surface area contributed by atoms with Crippen LogP contribution in [0.2, 0.25) is 0 Å². The average Bonchev–Trinajstić information content (AvgIpc) is 2.76. The van der Waals surface area contributed by atoms with Crippen LogP contribution in [0.3, 0.4) is 0 Å². The number of hydrogen-bond donors (Lipinski definition) is 1. The third-order valence-corrected chi connectivity index (χ3v) is 5.51. The van der Waals surface area contributed by atoms with Crippen LogP contribution in [0.1, 0.15) is 62.0 Å². The van der Waals surface area contributed by atoms with Gasteiger partial charge in [0.2, 0.25) is 0 Å². The molecule has 0 amide bonds. The molecule has 0 bridgehead atoms. The number of aryl methyl sites for hydroxylation is 1. The zero-order valence-electron chi connectivity index (χ0n) is 12.9. The molecule has 20 heavy (non-hydrogen) atoms. The molecule has 0 radical (unpaired) electrons. The monoisotopic (exact) mass is 271 g/mol. The Kier molecular flexibility index (Phi) is 4.77. The number of piperidine rings is 1. The van der Waals surface area contributed by atoms with Gasteiger partial charge in [-0.15, -0.1) is 0 Å². The molecule has 1 aromatic rings. The molecule has 2 aliphatic rings. The Morgan fingerprint density at radius 3 is 2.55 bits per heavy atom. The van der Waals surface area contributed by atoms with Crippen molar-refractivity contribution in [1.82, 2.24) is 5.32 Å². The van der Waals surface area contributed by atoms with Gasteiger partial charge >= 0.3 is 0 Å². The first kappa shape index (κ1) is 14.1. The highest BCUT2D eigenvalue weighted by atomic mass is 14.9. The minimum atomic E-state index is 0.742. The molecule has 3 rings (SSSR count). The SMILES string of the molecule is Cc1cccc(C2CNCCC2C2CCCCCC2)c1. The predicted octanol–water partition coefficient (Wildman–Crippen LogP) is 4.66. The smallest absolute Gasteiger partial charge is 0.00229 e. The van der Waals surface area contributed by atoms with Crippen LogP contribution in [0.4, 0.5) is 0 Å². The standard InChI is InChI=1S/C19H29N/c1-15-7-6-10-17(13-15)19-14-20-12-11-18(19)16-8-4-2-3-5-9-16/h6-7,10,13,16,18-20H,2-5,8-9,11-12,14H2,1H3. The first-order valence-corrected chi connectivity index (χ1v) is 8.62. The Balaban J connectivity index is 1.79. The highest BCUT2D eigenvalue weighted by Gasteiger charge is 2.32. The van der Waals surface area contributed by atoms with Crippen molar-refractivity contribution in [3.05, 3.63) is 35.4 Å². The molecule has 1 saturated heterocycles. The first-order valence-electron chi connectivity index (χ1n) is 8.62. The van der Waals surface area contributed by atoms with E-state index in [1.54, 1.807) is 5.56 Å². The van der Waals surface area contributed by atoms with Crippen molar-refractivity contribution in [1.29, 1.82) is 0 Å². The lowest BCUT2D eigenvalue weighted by Gasteiger charge is -2.38. The lowest BCUT2D eigenvalue weighted by atomic mass is 9.71. The van der Waals surface area contributed by atoms with E-state index in [0.29, 0.717) is 0 Å². The van der Waals surface area contributed by atoms with Crippen LogP contribution in [0.25, 0.3) is 0 Å². The molecule has 2 unspecified atom stereocenters. The zero-order chi connectivity index (χ0) is 13.8. The van der Waals surface area contributed by atoms with Gasteiger partial charge in [0.15, 0.2) is 0 Å². The highest BCUT2D eigenvalue weighted by molar-refractivity contribution is 5.27. The van der Waals surface area contributed by atoms with Gasteiger partial charge < -0.3 is 5.32 Å². The van der Waals surface area contributed by atoms with E-state index < -0.39 is 0 Å². The van der Waals surface area contributed by atoms with Crippen LogP contribution in [-0.2, 0) is 0 Å². The summed E-state index contributed by atoms with van der Waals surface area (Å²) < 4.78 is 0. The number of rotatable bonds is 2. The summed E-state index contributed by atoms with van der Waals surface area (Å²) in [6.07, 6.45) is 10.2. The van der Waals surface area contributed by atoms with E-state index in [2.05, 4.69) is 36.5 Å². The van der Waals surface area contributed by atoms with Crippen LogP contribution >= 0.6 is 0 Å². The van der Waals surface area contributed by atoms with Gasteiger partial charge in [-0.2, -0.15) is 0 Å². The molecule has 1 aliphatic carbocycles. The molecule has 110 valence electrons. The number of nitrogens with one attached hydrogen (secondary N) is 1. The third kappa shape index (κ3) is 3.25. The van der Waals surface area contributed by atoms with Crippen LogP contribution < -0.4 is 5.32 Å². The minimum absolute atomic E-state index is 0.742. The molecule has 1 heterocycles. The zero-order valence-corrected chi connectivity index (χ0v) is 12.9. The molecule has 2 fully saturated rings. The maximum absolute atomic E-state index is 3.64. The molecular formula is C19H29N. The maximum atomic E-state index is 3.64. The second-order valence-electron chi connectivity index (χ2n) is 6.93. The fraction of sp³-hybridized carbons (Fsp3) is 0.684. The summed E-state index contributed by atoms with van der Waals surface area (Å²) in [4.78, 5) is 0. The Hall–Kier alpha value is -0.820. The van der Waals surface area contributed by atoms with Crippen molar-refractivity contribution < 1.29 is 0 Å². The van der Waals surface area contributed by atoms with Crippen molar-refractivity contribution in [2.45, 2.75) is 57.8 Å². The molecule has 0 aromatic heterocycles. The quantitative estimate of drug-likeness (QED) is 0.771. The van der Waals surface area contributed by atoms with Crippen molar-refractivity contribution >= 4 is 0 Å². The fourth-order valence-electron chi connectivity index (χ4n) is 4.45. The van der Waals surface area contributed by atoms with E-state index >= 15 is 0 Å². The van der Waals surface area contributed by atoms with Crippen molar-refractivity contribution in [2.75, 3.05) is 13.1 Å². The summed E-state index contributed by atoms with van der Waals surface area (Å²) >= 11 is 0. The first-order chi connectivity index (χ1) is 9.84. The summed E-state index contributed by atoms with van der Waals surface area (Å²) in [5.41, 5.74) is 2.99. The summed E-state index contributed by atoms with van der Waals surface area (Å²) in [6.45, 7) is 4.63. The Bertz CT molecular complexity index is 418. The average molecular weight is 271 g/mol. The predicted molar refractivity (Wildman–Crippen MR) is 86.1 cm³/mol. The van der Waals surface area contributed by atoms with Crippen LogP contribution in [0, 0.1) is 18.8 Å². The fourth-order valence-corrected chi connectivity index (χ4v) is 4.45. The van der Waals surface area contributed by atoms with Gasteiger partial charge in [-0.3, -0.25) is 0 Å². The van der Waals surface area contributed by atoms with Gasteiger partial charge in [0.05, 0.1) is 0 Å². The largest absolute Gasteiger partial charge is 0.316 e. The van der Waals surface area contributed by atoms with Gasteiger partial charge in [0.25, 0.3) is 0 Å². The number of hydrogen-bond acceptors (Lipinski definition) is 1. The van der Waals surface area contributed by atoms with Crippen molar-refractivity contribution in [3.63, 3.8) is 0 Å². The maximum Gasteiger partial charge on any atom is 0.00229 e. The van der Waals surface area contributed by atoms with E-state index in [-0.39, 0.29) is 0 Å². The number of benzene rings is 1. The molecular weight excluding hydrogens is 242 g/mol. The normalized spacial score (nSPS) is 29.1. The van der Waals surface area contributed by atoms with E-state index in [1.807, 2.05) is 0 Å². The molecule has 0 spiro atoms. The minimum Gasteiger partial charge on any atom is -0.316 e. The Morgan fingerprint density at radius 1 is 1.00 bits per heavy atom. The van der Waals surface area contributed by atoms with Gasteiger partial charge in [0.1, 0.15) is 0 Å². The van der Waals surface area contributed by atoms with Crippen LogP contribution in [0.15, 0.2) is 24.3 Å². The van der Waals surface area contributed by atoms with E-state index in [4.69, 9.17) is 0 Å². The van der Waals surface area contributed by atoms with Gasteiger partial charge in [-0.25, -0.2) is 0 Å². The van der Waals surface area contributed by atoms with Gasteiger partial charge in [-0.05, 0) is 43.2 Å². The van der Waals surface area contributed by atoms with Crippen LogP contribution in [-0.4, -0.2) is 13.1 Å². The summed E-state index contributed by atoms with van der Waals surface area (Å²) in [5, 5.41) is 3.64. The van der Waals surface area contributed by atoms with Crippen LogP contribution in [0.5, 0.6) is 0 Å². The lowest BCUT2D eigenvalue weighted by Crippen LogP contribution is -2.38. The molecule has 1 nitrogen and oxygen atoms in total. The second-order valence-corrected chi connectivity index (χ2v) is 6.93.